The summed E-state index contributed by atoms with van der Waals surface area (Å²) >= 11 is 0. The molecule has 12 heavy (non-hydrogen) atoms. The summed E-state index contributed by atoms with van der Waals surface area (Å²) in [7, 11) is 5.30. The van der Waals surface area contributed by atoms with Crippen molar-refractivity contribution in [1.29, 1.82) is 0 Å². The maximum Gasteiger partial charge on any atom is 0.238 e. The molecule has 1 aliphatic rings. The molecule has 1 rings (SSSR count). The third-order valence-electron chi connectivity index (χ3n) is 2.31. The fourth-order valence-electron chi connectivity index (χ4n) is 1.47. The van der Waals surface area contributed by atoms with Crippen LogP contribution in [0.1, 0.15) is 13.3 Å². The topological polar surface area (TPSA) is 46.3 Å². The Hall–Kier alpha value is -0.505. The Morgan fingerprint density at radius 3 is 2.92 bits per heavy atom. The van der Waals surface area contributed by atoms with Crippen LogP contribution in [-0.2, 0) is 4.79 Å². The molecule has 0 aromatic carbocycles. The highest BCUT2D eigenvalue weighted by atomic mass is 16.2. The molecule has 0 saturated carbocycles. The van der Waals surface area contributed by atoms with Gasteiger partial charge in [0.05, 0.1) is 13.9 Å². The summed E-state index contributed by atoms with van der Waals surface area (Å²) in [5.74, 6) is 0.612. The first-order valence-corrected chi connectivity index (χ1v) is 4.39. The molecule has 1 fully saturated rings. The van der Waals surface area contributed by atoms with Crippen LogP contribution in [0.15, 0.2) is 0 Å². The van der Waals surface area contributed by atoms with Gasteiger partial charge in [-0.3, -0.25) is 4.79 Å². The van der Waals surface area contributed by atoms with Crippen molar-refractivity contribution < 1.29 is 4.79 Å². The normalized spacial score (nSPS) is 25.8. The van der Waals surface area contributed by atoms with E-state index in [2.05, 4.69) is 6.92 Å². The van der Waals surface area contributed by atoms with E-state index < -0.39 is 6.04 Å². The van der Waals surface area contributed by atoms with E-state index in [1.165, 1.54) is 0 Å². The lowest BCUT2D eigenvalue weighted by Gasteiger charge is -2.19. The number of hydrogen-bond acceptors (Lipinski definition) is 2. The summed E-state index contributed by atoms with van der Waals surface area (Å²) in [5, 5.41) is 0. The first-order valence-electron chi connectivity index (χ1n) is 4.39. The third kappa shape index (κ3) is 2.00. The first kappa shape index (κ1) is 9.58. The van der Waals surface area contributed by atoms with Gasteiger partial charge >= 0.3 is 0 Å². The third-order valence-corrected chi connectivity index (χ3v) is 2.31. The van der Waals surface area contributed by atoms with Crippen LogP contribution < -0.4 is 5.73 Å². The van der Waals surface area contributed by atoms with Gasteiger partial charge in [-0.2, -0.15) is 0 Å². The number of hydrogen-bond donors (Lipinski definition) is 1. The van der Waals surface area contributed by atoms with Crippen LogP contribution in [0.3, 0.4) is 0 Å². The molecule has 0 aromatic heterocycles. The molecular formula is C8H15BN2O. The van der Waals surface area contributed by atoms with Gasteiger partial charge in [0, 0.05) is 13.1 Å². The van der Waals surface area contributed by atoms with Crippen molar-refractivity contribution >= 4 is 13.8 Å². The van der Waals surface area contributed by atoms with E-state index in [0.717, 1.165) is 19.5 Å². The summed E-state index contributed by atoms with van der Waals surface area (Å²) < 4.78 is 0. The molecule has 4 heteroatoms. The van der Waals surface area contributed by atoms with Crippen LogP contribution in [0.25, 0.3) is 0 Å². The van der Waals surface area contributed by atoms with Crippen molar-refractivity contribution in [2.45, 2.75) is 25.7 Å². The zero-order valence-electron chi connectivity index (χ0n) is 7.49. The fraction of sp³-hybridized carbons (Fsp3) is 0.875. The number of carbonyl (C=O) groups is 1. The number of carbonyl (C=O) groups excluding carboxylic acids is 1. The second-order valence-electron chi connectivity index (χ2n) is 3.52. The van der Waals surface area contributed by atoms with Crippen molar-refractivity contribution in [2.75, 3.05) is 13.1 Å². The second kappa shape index (κ2) is 3.94. The second-order valence-corrected chi connectivity index (χ2v) is 3.52. The molecule has 2 unspecified atom stereocenters. The lowest BCUT2D eigenvalue weighted by atomic mass is 9.97. The first-order chi connectivity index (χ1) is 5.65. The van der Waals surface area contributed by atoms with Gasteiger partial charge in [-0.1, -0.05) is 13.2 Å². The van der Waals surface area contributed by atoms with Gasteiger partial charge in [0.2, 0.25) is 5.91 Å². The van der Waals surface area contributed by atoms with Crippen molar-refractivity contribution in [2.24, 2.45) is 11.7 Å². The minimum atomic E-state index is -0.504. The number of amides is 1. The van der Waals surface area contributed by atoms with Crippen molar-refractivity contribution in [1.82, 2.24) is 4.90 Å². The predicted molar refractivity (Wildman–Crippen MR) is 48.9 cm³/mol. The quantitative estimate of drug-likeness (QED) is 0.576. The lowest BCUT2D eigenvalue weighted by molar-refractivity contribution is -0.131. The largest absolute Gasteiger partial charge is 0.341 e. The molecule has 1 heterocycles. The van der Waals surface area contributed by atoms with E-state index in [0.29, 0.717) is 5.92 Å². The highest BCUT2D eigenvalue weighted by Crippen LogP contribution is 2.15. The average molecular weight is 166 g/mol. The Morgan fingerprint density at radius 1 is 1.83 bits per heavy atom. The molecule has 2 atom stereocenters. The van der Waals surface area contributed by atoms with E-state index in [4.69, 9.17) is 13.6 Å². The van der Waals surface area contributed by atoms with Crippen LogP contribution >= 0.6 is 0 Å². The number of nitrogens with two attached hydrogens (primary N) is 1. The monoisotopic (exact) mass is 166 g/mol. The van der Waals surface area contributed by atoms with E-state index in [-0.39, 0.29) is 12.2 Å². The summed E-state index contributed by atoms with van der Waals surface area (Å²) in [6, 6.07) is -0.504. The number of rotatable bonds is 2. The Bertz CT molecular complexity index is 174. The molecule has 1 aliphatic heterocycles. The SMILES string of the molecule is [B]CC(N)C(=O)N1CCC(C)C1. The summed E-state index contributed by atoms with van der Waals surface area (Å²) in [6.07, 6.45) is 1.33. The van der Waals surface area contributed by atoms with E-state index >= 15 is 0 Å². The van der Waals surface area contributed by atoms with Gasteiger partial charge < -0.3 is 10.6 Å². The summed E-state index contributed by atoms with van der Waals surface area (Å²) in [4.78, 5) is 13.3. The molecule has 1 amide bonds. The lowest BCUT2D eigenvalue weighted by Crippen LogP contribution is -2.42. The number of nitrogens with zero attached hydrogens (tertiary/aromatic N) is 1. The molecule has 0 spiro atoms. The fourth-order valence-corrected chi connectivity index (χ4v) is 1.47. The molecule has 0 bridgehead atoms. The highest BCUT2D eigenvalue weighted by Gasteiger charge is 2.25. The van der Waals surface area contributed by atoms with Crippen molar-refractivity contribution in [3.8, 4) is 0 Å². The molecule has 0 aliphatic carbocycles. The van der Waals surface area contributed by atoms with Crippen LogP contribution in [0.5, 0.6) is 0 Å². The molecule has 1 saturated heterocycles. The summed E-state index contributed by atoms with van der Waals surface area (Å²) in [5.41, 5.74) is 5.53. The van der Waals surface area contributed by atoms with Crippen molar-refractivity contribution in [3.63, 3.8) is 0 Å². The van der Waals surface area contributed by atoms with Crippen LogP contribution in [0.2, 0.25) is 6.32 Å². The van der Waals surface area contributed by atoms with Gasteiger partial charge in [-0.15, -0.1) is 0 Å². The highest BCUT2D eigenvalue weighted by molar-refractivity contribution is 6.11. The van der Waals surface area contributed by atoms with Crippen LogP contribution in [-0.4, -0.2) is 37.8 Å². The van der Waals surface area contributed by atoms with Gasteiger partial charge in [0.15, 0.2) is 0 Å². The van der Waals surface area contributed by atoms with Gasteiger partial charge in [0.25, 0.3) is 0 Å². The van der Waals surface area contributed by atoms with E-state index in [1.54, 1.807) is 0 Å². The average Bonchev–Trinajstić information content (AvgIpc) is 2.49. The number of likely N-dealkylation sites (tertiary alicyclic amines) is 1. The summed E-state index contributed by atoms with van der Waals surface area (Å²) in [6.45, 7) is 3.82. The molecule has 66 valence electrons. The van der Waals surface area contributed by atoms with Crippen LogP contribution in [0.4, 0.5) is 0 Å². The molecular weight excluding hydrogens is 151 g/mol. The standard InChI is InChI=1S/C8H15BN2O/c1-6-2-3-11(5-6)8(12)7(10)4-9/h6-7H,2-5,10H2,1H3. The van der Waals surface area contributed by atoms with E-state index in [9.17, 15) is 4.79 Å². The van der Waals surface area contributed by atoms with Gasteiger partial charge in [-0.05, 0) is 12.3 Å². The molecule has 2 radical (unpaired) electrons. The minimum Gasteiger partial charge on any atom is -0.341 e. The van der Waals surface area contributed by atoms with Crippen molar-refractivity contribution in [3.05, 3.63) is 0 Å². The Kier molecular flexibility index (Phi) is 3.15. The smallest absolute Gasteiger partial charge is 0.238 e. The zero-order valence-corrected chi connectivity index (χ0v) is 7.49. The van der Waals surface area contributed by atoms with Gasteiger partial charge in [-0.25, -0.2) is 0 Å². The predicted octanol–water partition coefficient (Wildman–Crippen LogP) is -0.231. The Labute approximate surface area is 74.7 Å². The van der Waals surface area contributed by atoms with E-state index in [1.807, 2.05) is 4.90 Å². The van der Waals surface area contributed by atoms with Gasteiger partial charge in [0.1, 0.15) is 0 Å². The zero-order chi connectivity index (χ0) is 9.14. The molecule has 3 nitrogen and oxygen atoms in total. The molecule has 2 N–H and O–H groups in total. The maximum absolute atomic E-state index is 11.4. The molecule has 0 aromatic rings. The minimum absolute atomic E-state index is 0.00171. The van der Waals surface area contributed by atoms with Crippen LogP contribution in [0, 0.1) is 5.92 Å². The maximum atomic E-state index is 11.4. The Morgan fingerprint density at radius 2 is 2.50 bits per heavy atom. The Balaban J connectivity index is 2.43.